The van der Waals surface area contributed by atoms with E-state index in [-0.39, 0.29) is 16.8 Å². The molecule has 0 rings (SSSR count). The van der Waals surface area contributed by atoms with Crippen molar-refractivity contribution in [1.29, 1.82) is 0 Å². The normalized spacial score (nSPS) is 13.1. The lowest BCUT2D eigenvalue weighted by atomic mass is 10.2. The third-order valence-corrected chi connectivity index (χ3v) is 3.12. The van der Waals surface area contributed by atoms with Gasteiger partial charge in [0.05, 0.1) is 12.5 Å². The number of rotatable bonds is 5. The van der Waals surface area contributed by atoms with Gasteiger partial charge < -0.3 is 15.4 Å². The lowest BCUT2D eigenvalue weighted by Crippen LogP contribution is -2.48. The molecule has 0 saturated carbocycles. The molecular formula is C12H25N2O3S+. The highest BCUT2D eigenvalue weighted by molar-refractivity contribution is 7.95. The van der Waals surface area contributed by atoms with Crippen molar-refractivity contribution in [2.75, 3.05) is 25.3 Å². The molecule has 0 radical (unpaired) electrons. The fourth-order valence-electron chi connectivity index (χ4n) is 1.25. The summed E-state index contributed by atoms with van der Waals surface area (Å²) in [5.41, 5.74) is -0.558. The zero-order valence-electron chi connectivity index (χ0n) is 12.1. The van der Waals surface area contributed by atoms with Gasteiger partial charge in [0.25, 0.3) is 0 Å². The lowest BCUT2D eigenvalue weighted by molar-refractivity contribution is -0.122. The van der Waals surface area contributed by atoms with Gasteiger partial charge in [0.1, 0.15) is 17.4 Å². The summed E-state index contributed by atoms with van der Waals surface area (Å²) in [6.45, 7) is 5.37. The maximum absolute atomic E-state index is 11.6. The van der Waals surface area contributed by atoms with Gasteiger partial charge in [-0.15, -0.1) is 0 Å². The van der Waals surface area contributed by atoms with Gasteiger partial charge in [-0.1, -0.05) is 0 Å². The molecule has 0 aliphatic carbocycles. The van der Waals surface area contributed by atoms with Gasteiger partial charge in [0, 0.05) is 13.5 Å². The van der Waals surface area contributed by atoms with Gasteiger partial charge in [-0.05, 0) is 31.7 Å². The van der Waals surface area contributed by atoms with Crippen LogP contribution >= 0.6 is 0 Å². The van der Waals surface area contributed by atoms with E-state index in [0.717, 1.165) is 5.75 Å². The number of hydrogen-bond donors (Lipinski definition) is 2. The Labute approximate surface area is 112 Å². The number of likely N-dealkylation sites (N-methyl/N-ethyl adjacent to an activating group) is 1. The van der Waals surface area contributed by atoms with Crippen molar-refractivity contribution < 1.29 is 14.3 Å². The zero-order chi connectivity index (χ0) is 14.3. The van der Waals surface area contributed by atoms with E-state index in [1.807, 2.05) is 0 Å². The second-order valence-corrected chi connectivity index (χ2v) is 7.67. The summed E-state index contributed by atoms with van der Waals surface area (Å²) in [7, 11) is 1.80. The number of alkyl carbamates (subject to hydrolysis) is 1. The number of ether oxygens (including phenoxy) is 1. The Morgan fingerprint density at radius 1 is 1.28 bits per heavy atom. The summed E-state index contributed by atoms with van der Waals surface area (Å²) in [6.07, 6.45) is 4.28. The molecule has 18 heavy (non-hydrogen) atoms. The smallest absolute Gasteiger partial charge is 0.408 e. The Morgan fingerprint density at radius 3 is 2.22 bits per heavy atom. The summed E-state index contributed by atoms with van der Waals surface area (Å²) in [6, 6.07) is -0.528. The lowest BCUT2D eigenvalue weighted by Gasteiger charge is -2.22. The maximum atomic E-state index is 11.6. The van der Waals surface area contributed by atoms with Gasteiger partial charge in [0.15, 0.2) is 0 Å². The Kier molecular flexibility index (Phi) is 7.13. The average molecular weight is 277 g/mol. The number of hydrogen-bond acceptors (Lipinski definition) is 3. The van der Waals surface area contributed by atoms with E-state index in [1.165, 1.54) is 0 Å². The molecule has 0 aliphatic rings. The van der Waals surface area contributed by atoms with E-state index in [2.05, 4.69) is 23.1 Å². The first-order chi connectivity index (χ1) is 8.15. The third-order valence-electron chi connectivity index (χ3n) is 2.07. The molecule has 0 aromatic rings. The van der Waals surface area contributed by atoms with Crippen LogP contribution in [0.3, 0.4) is 0 Å². The Morgan fingerprint density at radius 2 is 1.83 bits per heavy atom. The van der Waals surface area contributed by atoms with Crippen LogP contribution in [0.4, 0.5) is 4.79 Å². The van der Waals surface area contributed by atoms with E-state index < -0.39 is 17.7 Å². The first-order valence-electron chi connectivity index (χ1n) is 5.91. The molecule has 0 heterocycles. The van der Waals surface area contributed by atoms with Crippen LogP contribution in [0.5, 0.6) is 0 Å². The number of amides is 2. The minimum atomic E-state index is -0.558. The van der Waals surface area contributed by atoms with Crippen LogP contribution in [0.25, 0.3) is 0 Å². The van der Waals surface area contributed by atoms with Gasteiger partial charge in [-0.3, -0.25) is 4.79 Å². The molecular weight excluding hydrogens is 252 g/mol. The topological polar surface area (TPSA) is 67.4 Å². The fraction of sp³-hybridized carbons (Fsp3) is 0.833. The van der Waals surface area contributed by atoms with Gasteiger partial charge in [-0.25, -0.2) is 4.79 Å². The Balaban J connectivity index is 4.40. The first kappa shape index (κ1) is 17.1. The molecule has 0 aliphatic heterocycles. The van der Waals surface area contributed by atoms with Crippen LogP contribution in [0.15, 0.2) is 0 Å². The molecule has 0 aromatic heterocycles. The van der Waals surface area contributed by atoms with Crippen LogP contribution in [0, 0.1) is 0 Å². The molecule has 5 nitrogen and oxygen atoms in total. The molecule has 0 saturated heterocycles. The number of nitrogens with one attached hydrogen (secondary N) is 2. The highest BCUT2D eigenvalue weighted by atomic mass is 32.2. The summed E-state index contributed by atoms with van der Waals surface area (Å²) >= 11 is 0. The first-order valence-corrected chi connectivity index (χ1v) is 8.12. The number of carbonyl (C=O) groups excluding carboxylic acids is 2. The van der Waals surface area contributed by atoms with Crippen LogP contribution in [0.1, 0.15) is 27.2 Å². The highest BCUT2D eigenvalue weighted by Gasteiger charge is 2.24. The summed E-state index contributed by atoms with van der Waals surface area (Å²) in [5, 5.41) is 5.16. The number of carbonyl (C=O) groups is 2. The second-order valence-electron chi connectivity index (χ2n) is 5.29. The molecule has 6 heteroatoms. The van der Waals surface area contributed by atoms with Gasteiger partial charge in [0.2, 0.25) is 5.91 Å². The average Bonchev–Trinajstić information content (AvgIpc) is 2.20. The predicted octanol–water partition coefficient (Wildman–Crippen LogP) is 0.894. The molecule has 0 fully saturated rings. The van der Waals surface area contributed by atoms with Crippen molar-refractivity contribution >= 4 is 22.9 Å². The largest absolute Gasteiger partial charge is 0.444 e. The third kappa shape index (κ3) is 8.22. The summed E-state index contributed by atoms with van der Waals surface area (Å²) in [4.78, 5) is 23.3. The quantitative estimate of drug-likeness (QED) is 0.734. The SMILES string of the molecule is CNC(=O)C(CC[S+](C)C)NC(=O)OC(C)(C)C. The monoisotopic (exact) mass is 277 g/mol. The zero-order valence-corrected chi connectivity index (χ0v) is 12.9. The van der Waals surface area contributed by atoms with Crippen LogP contribution in [0.2, 0.25) is 0 Å². The van der Waals surface area contributed by atoms with Crippen molar-refractivity contribution in [3.05, 3.63) is 0 Å². The Bertz CT molecular complexity index is 288. The van der Waals surface area contributed by atoms with E-state index in [9.17, 15) is 9.59 Å². The van der Waals surface area contributed by atoms with Crippen molar-refractivity contribution in [2.24, 2.45) is 0 Å². The van der Waals surface area contributed by atoms with Crippen molar-refractivity contribution in [2.45, 2.75) is 38.8 Å². The second kappa shape index (κ2) is 7.51. The van der Waals surface area contributed by atoms with Crippen LogP contribution in [-0.2, 0) is 20.4 Å². The molecule has 0 aromatic carbocycles. The summed E-state index contributed by atoms with van der Waals surface area (Å²) in [5.74, 6) is 0.708. The van der Waals surface area contributed by atoms with Crippen molar-refractivity contribution in [3.63, 3.8) is 0 Å². The molecule has 2 N–H and O–H groups in total. The van der Waals surface area contributed by atoms with Crippen LogP contribution < -0.4 is 10.6 Å². The van der Waals surface area contributed by atoms with E-state index >= 15 is 0 Å². The minimum absolute atomic E-state index is 0.189. The van der Waals surface area contributed by atoms with Gasteiger partial charge in [-0.2, -0.15) is 0 Å². The maximum Gasteiger partial charge on any atom is 0.408 e. The Hall–Kier alpha value is -0.910. The van der Waals surface area contributed by atoms with Crippen LogP contribution in [-0.4, -0.2) is 49.0 Å². The molecule has 2 amide bonds. The van der Waals surface area contributed by atoms with Crippen molar-refractivity contribution in [1.82, 2.24) is 10.6 Å². The predicted molar refractivity (Wildman–Crippen MR) is 75.9 cm³/mol. The minimum Gasteiger partial charge on any atom is -0.444 e. The molecule has 1 atom stereocenters. The van der Waals surface area contributed by atoms with E-state index in [0.29, 0.717) is 6.42 Å². The fourth-order valence-corrected chi connectivity index (χ4v) is 1.95. The molecule has 1 unspecified atom stereocenters. The molecule has 0 bridgehead atoms. The van der Waals surface area contributed by atoms with E-state index in [4.69, 9.17) is 4.74 Å². The van der Waals surface area contributed by atoms with Crippen molar-refractivity contribution in [3.8, 4) is 0 Å². The van der Waals surface area contributed by atoms with E-state index in [1.54, 1.807) is 27.8 Å². The summed E-state index contributed by atoms with van der Waals surface area (Å²) < 4.78 is 5.14. The standard InChI is InChI=1S/C12H24N2O3S/c1-12(2,3)17-11(16)14-9(10(15)13-4)7-8-18(5)6/h9H,7-8H2,1-6H3,(H-,13,14,15,16)/p+1. The molecule has 0 spiro atoms. The molecule has 106 valence electrons. The highest BCUT2D eigenvalue weighted by Crippen LogP contribution is 2.07. The van der Waals surface area contributed by atoms with Gasteiger partial charge >= 0.3 is 6.09 Å².